The van der Waals surface area contributed by atoms with Gasteiger partial charge in [0, 0.05) is 13.1 Å². The smallest absolute Gasteiger partial charge is 0.243 e. The zero-order valence-electron chi connectivity index (χ0n) is 14.3. The molecule has 0 aliphatic carbocycles. The van der Waals surface area contributed by atoms with Crippen LogP contribution in [0.25, 0.3) is 0 Å². The van der Waals surface area contributed by atoms with Crippen molar-refractivity contribution < 1.29 is 21.3 Å². The van der Waals surface area contributed by atoms with E-state index in [0.29, 0.717) is 18.8 Å². The summed E-state index contributed by atoms with van der Waals surface area (Å²) in [5.41, 5.74) is 0. The molecule has 1 aromatic carbocycles. The van der Waals surface area contributed by atoms with Gasteiger partial charge in [0.2, 0.25) is 20.0 Å². The summed E-state index contributed by atoms with van der Waals surface area (Å²) in [7, 11) is -7.34. The predicted octanol–water partition coefficient (Wildman–Crippen LogP) is 2.32. The summed E-state index contributed by atoms with van der Waals surface area (Å²) < 4.78 is 59.1. The van der Waals surface area contributed by atoms with Crippen LogP contribution >= 0.6 is 0 Å². The molecule has 3 rings (SSSR count). The average Bonchev–Trinajstić information content (AvgIpc) is 3.00. The SMILES string of the molecule is O=S(=O)(NCc1ccco1)c1ccc(S(=O)(=O)N2CCCCCC2)cc1. The third-order valence-corrected chi connectivity index (χ3v) is 7.68. The summed E-state index contributed by atoms with van der Waals surface area (Å²) in [6, 6.07) is 8.67. The molecule has 2 aromatic rings. The molecule has 1 aromatic heterocycles. The van der Waals surface area contributed by atoms with Gasteiger partial charge in [-0.05, 0) is 49.2 Å². The Labute approximate surface area is 154 Å². The number of hydrogen-bond donors (Lipinski definition) is 1. The van der Waals surface area contributed by atoms with Gasteiger partial charge in [-0.25, -0.2) is 21.6 Å². The van der Waals surface area contributed by atoms with E-state index in [1.54, 1.807) is 12.1 Å². The van der Waals surface area contributed by atoms with E-state index in [4.69, 9.17) is 4.42 Å². The summed E-state index contributed by atoms with van der Waals surface area (Å²) in [4.78, 5) is 0.128. The van der Waals surface area contributed by atoms with Crippen molar-refractivity contribution in [1.29, 1.82) is 0 Å². The van der Waals surface area contributed by atoms with E-state index in [1.807, 2.05) is 0 Å². The van der Waals surface area contributed by atoms with Crippen LogP contribution in [0.2, 0.25) is 0 Å². The third-order valence-electron chi connectivity index (χ3n) is 4.35. The molecule has 0 spiro atoms. The maximum Gasteiger partial charge on any atom is 0.243 e. The molecular weight excluding hydrogens is 376 g/mol. The fourth-order valence-electron chi connectivity index (χ4n) is 2.88. The Hall–Kier alpha value is -1.68. The molecule has 0 bridgehead atoms. The maximum atomic E-state index is 12.7. The summed E-state index contributed by atoms with van der Waals surface area (Å²) in [6.45, 7) is 1.04. The average molecular weight is 399 g/mol. The van der Waals surface area contributed by atoms with Crippen molar-refractivity contribution >= 4 is 20.0 Å². The Morgan fingerprint density at radius 2 is 1.50 bits per heavy atom. The van der Waals surface area contributed by atoms with Gasteiger partial charge in [0.1, 0.15) is 5.76 Å². The molecule has 1 fully saturated rings. The molecule has 142 valence electrons. The Morgan fingerprint density at radius 1 is 0.885 bits per heavy atom. The highest BCUT2D eigenvalue weighted by Crippen LogP contribution is 2.21. The Balaban J connectivity index is 1.74. The zero-order valence-corrected chi connectivity index (χ0v) is 15.9. The third kappa shape index (κ3) is 4.35. The second-order valence-electron chi connectivity index (χ2n) is 6.19. The van der Waals surface area contributed by atoms with E-state index in [0.717, 1.165) is 25.7 Å². The summed E-state index contributed by atoms with van der Waals surface area (Å²) in [5, 5.41) is 0. The maximum absolute atomic E-state index is 12.7. The van der Waals surface area contributed by atoms with E-state index < -0.39 is 20.0 Å². The number of rotatable bonds is 6. The second-order valence-corrected chi connectivity index (χ2v) is 9.90. The van der Waals surface area contributed by atoms with E-state index in [1.165, 1.54) is 34.8 Å². The molecule has 26 heavy (non-hydrogen) atoms. The molecule has 1 saturated heterocycles. The number of nitrogens with zero attached hydrogens (tertiary/aromatic N) is 1. The second kappa shape index (κ2) is 7.91. The van der Waals surface area contributed by atoms with Gasteiger partial charge in [0.05, 0.1) is 22.6 Å². The van der Waals surface area contributed by atoms with Crippen LogP contribution in [0.5, 0.6) is 0 Å². The van der Waals surface area contributed by atoms with Gasteiger partial charge >= 0.3 is 0 Å². The summed E-state index contributed by atoms with van der Waals surface area (Å²) >= 11 is 0. The molecule has 0 radical (unpaired) electrons. The quantitative estimate of drug-likeness (QED) is 0.805. The molecule has 1 aliphatic rings. The fourth-order valence-corrected chi connectivity index (χ4v) is 5.39. The summed E-state index contributed by atoms with van der Waals surface area (Å²) in [6.07, 6.45) is 5.23. The molecule has 1 N–H and O–H groups in total. The molecule has 0 saturated carbocycles. The molecule has 0 unspecified atom stereocenters. The van der Waals surface area contributed by atoms with Gasteiger partial charge in [-0.3, -0.25) is 0 Å². The van der Waals surface area contributed by atoms with E-state index >= 15 is 0 Å². The monoisotopic (exact) mass is 398 g/mol. The first-order valence-corrected chi connectivity index (χ1v) is 11.4. The highest BCUT2D eigenvalue weighted by molar-refractivity contribution is 7.89. The van der Waals surface area contributed by atoms with Crippen LogP contribution in [0.15, 0.2) is 56.9 Å². The van der Waals surface area contributed by atoms with Gasteiger partial charge in [-0.2, -0.15) is 4.31 Å². The molecule has 7 nitrogen and oxygen atoms in total. The van der Waals surface area contributed by atoms with Crippen LogP contribution in [0.4, 0.5) is 0 Å². The minimum atomic E-state index is -3.75. The number of benzene rings is 1. The van der Waals surface area contributed by atoms with Gasteiger partial charge in [-0.1, -0.05) is 12.8 Å². The lowest BCUT2D eigenvalue weighted by molar-refractivity contribution is 0.423. The van der Waals surface area contributed by atoms with Gasteiger partial charge in [0.15, 0.2) is 0 Å². The van der Waals surface area contributed by atoms with Gasteiger partial charge in [0.25, 0.3) is 0 Å². The van der Waals surface area contributed by atoms with Crippen LogP contribution < -0.4 is 4.72 Å². The Kier molecular flexibility index (Phi) is 5.81. The van der Waals surface area contributed by atoms with Crippen LogP contribution in [0.1, 0.15) is 31.4 Å². The van der Waals surface area contributed by atoms with E-state index in [-0.39, 0.29) is 16.3 Å². The lowest BCUT2D eigenvalue weighted by Crippen LogP contribution is -2.32. The van der Waals surface area contributed by atoms with Gasteiger partial charge < -0.3 is 4.42 Å². The fraction of sp³-hybridized carbons (Fsp3) is 0.412. The van der Waals surface area contributed by atoms with Crippen LogP contribution in [0.3, 0.4) is 0 Å². The van der Waals surface area contributed by atoms with Crippen molar-refractivity contribution in [2.75, 3.05) is 13.1 Å². The first kappa shape index (κ1) is 19.1. The highest BCUT2D eigenvalue weighted by atomic mass is 32.2. The van der Waals surface area contributed by atoms with E-state index in [2.05, 4.69) is 4.72 Å². The minimum absolute atomic E-state index is 0.0128. The summed E-state index contributed by atoms with van der Waals surface area (Å²) in [5.74, 6) is 0.494. The largest absolute Gasteiger partial charge is 0.468 e. The molecular formula is C17H22N2O5S2. The van der Waals surface area contributed by atoms with Crippen molar-refractivity contribution in [2.45, 2.75) is 42.0 Å². The molecule has 0 amide bonds. The molecule has 1 aliphatic heterocycles. The van der Waals surface area contributed by atoms with Crippen LogP contribution in [-0.2, 0) is 26.6 Å². The van der Waals surface area contributed by atoms with Crippen LogP contribution in [-0.4, -0.2) is 34.2 Å². The molecule has 9 heteroatoms. The topological polar surface area (TPSA) is 96.7 Å². The van der Waals surface area contributed by atoms with Crippen molar-refractivity contribution in [3.05, 3.63) is 48.4 Å². The van der Waals surface area contributed by atoms with Crippen molar-refractivity contribution in [3.8, 4) is 0 Å². The normalized spacial score (nSPS) is 17.1. The number of hydrogen-bond acceptors (Lipinski definition) is 5. The van der Waals surface area contributed by atoms with Crippen molar-refractivity contribution in [1.82, 2.24) is 9.03 Å². The van der Waals surface area contributed by atoms with Crippen LogP contribution in [0, 0.1) is 0 Å². The Bertz CT molecular complexity index is 912. The number of sulfonamides is 2. The predicted molar refractivity (Wildman–Crippen MR) is 96.4 cm³/mol. The lowest BCUT2D eigenvalue weighted by Gasteiger charge is -2.20. The lowest BCUT2D eigenvalue weighted by atomic mass is 10.2. The Morgan fingerprint density at radius 3 is 2.08 bits per heavy atom. The first-order valence-electron chi connectivity index (χ1n) is 8.52. The van der Waals surface area contributed by atoms with Gasteiger partial charge in [-0.15, -0.1) is 0 Å². The molecule has 0 atom stereocenters. The minimum Gasteiger partial charge on any atom is -0.468 e. The zero-order chi connectivity index (χ0) is 18.6. The molecule has 2 heterocycles. The van der Waals surface area contributed by atoms with Crippen molar-refractivity contribution in [3.63, 3.8) is 0 Å². The first-order chi connectivity index (χ1) is 12.4. The van der Waals surface area contributed by atoms with E-state index in [9.17, 15) is 16.8 Å². The van der Waals surface area contributed by atoms with Crippen molar-refractivity contribution in [2.24, 2.45) is 0 Å². The highest BCUT2D eigenvalue weighted by Gasteiger charge is 2.25. The standard InChI is InChI=1S/C17H22N2O5S2/c20-25(21,18-14-15-6-5-13-24-15)16-7-9-17(10-8-16)26(22,23)19-11-3-1-2-4-12-19/h5-10,13,18H,1-4,11-12,14H2. The number of nitrogens with one attached hydrogen (secondary N) is 1. The number of furan rings is 1.